The molecule has 3 heterocycles. The van der Waals surface area contributed by atoms with E-state index in [-0.39, 0.29) is 11.9 Å². The molecular weight excluding hydrogens is 396 g/mol. The van der Waals surface area contributed by atoms with Crippen LogP contribution in [0.4, 0.5) is 10.9 Å². The highest BCUT2D eigenvalue weighted by atomic mass is 32.1. The first-order valence-corrected chi connectivity index (χ1v) is 10.2. The summed E-state index contributed by atoms with van der Waals surface area (Å²) in [5, 5.41) is 12.1. The molecule has 1 amide bonds. The molecule has 0 saturated carbocycles. The van der Waals surface area contributed by atoms with Crippen LogP contribution in [0.2, 0.25) is 0 Å². The number of rotatable bonds is 6. The molecule has 3 aromatic heterocycles. The van der Waals surface area contributed by atoms with E-state index in [2.05, 4.69) is 49.4 Å². The van der Waals surface area contributed by atoms with Crippen molar-refractivity contribution in [3.63, 3.8) is 0 Å². The maximum Gasteiger partial charge on any atom is 0.259 e. The van der Waals surface area contributed by atoms with Gasteiger partial charge in [0.1, 0.15) is 10.8 Å². The number of aromatic nitrogens is 4. The summed E-state index contributed by atoms with van der Waals surface area (Å²) in [6.07, 6.45) is 4.96. The number of nitrogens with zero attached hydrogens (tertiary/aromatic N) is 5. The highest BCUT2D eigenvalue weighted by Crippen LogP contribution is 2.26. The zero-order valence-corrected chi connectivity index (χ0v) is 17.4. The molecule has 0 unspecified atom stereocenters. The second kappa shape index (κ2) is 8.79. The lowest BCUT2D eigenvalue weighted by Gasteiger charge is -2.26. The number of benzene rings is 1. The Bertz CT molecular complexity index is 1120. The topological polar surface area (TPSA) is 83.9 Å². The first-order valence-electron chi connectivity index (χ1n) is 9.41. The van der Waals surface area contributed by atoms with E-state index in [1.165, 1.54) is 16.9 Å². The second-order valence-electron chi connectivity index (χ2n) is 6.71. The van der Waals surface area contributed by atoms with Crippen LogP contribution in [-0.4, -0.2) is 33.1 Å². The van der Waals surface area contributed by atoms with Crippen molar-refractivity contribution < 1.29 is 4.79 Å². The molecule has 4 rings (SSSR count). The van der Waals surface area contributed by atoms with Crippen molar-refractivity contribution in [2.75, 3.05) is 17.3 Å². The van der Waals surface area contributed by atoms with E-state index in [0.29, 0.717) is 10.7 Å². The molecule has 1 N–H and O–H groups in total. The number of nitrogens with one attached hydrogen (secondary N) is 1. The average molecular weight is 417 g/mol. The molecule has 0 saturated heterocycles. The minimum Gasteiger partial charge on any atom is -0.353 e. The van der Waals surface area contributed by atoms with Crippen molar-refractivity contribution in [2.24, 2.45) is 0 Å². The Kier molecular flexibility index (Phi) is 5.76. The van der Waals surface area contributed by atoms with Gasteiger partial charge < -0.3 is 4.90 Å². The summed E-state index contributed by atoms with van der Waals surface area (Å²) in [6.45, 7) is 2.12. The summed E-state index contributed by atoms with van der Waals surface area (Å²) < 4.78 is 0. The number of carbonyl (C=O) groups is 1. The van der Waals surface area contributed by atoms with Crippen molar-refractivity contribution in [2.45, 2.75) is 13.0 Å². The highest BCUT2D eigenvalue weighted by molar-refractivity contribution is 7.18. The number of pyridine rings is 2. The lowest BCUT2D eigenvalue weighted by molar-refractivity contribution is 0.102. The zero-order valence-electron chi connectivity index (χ0n) is 16.6. The quantitative estimate of drug-likeness (QED) is 0.500. The number of amides is 1. The minimum atomic E-state index is -0.273. The molecule has 0 spiro atoms. The van der Waals surface area contributed by atoms with E-state index >= 15 is 0 Å². The molecule has 8 heteroatoms. The van der Waals surface area contributed by atoms with Crippen LogP contribution in [-0.2, 0) is 0 Å². The van der Waals surface area contributed by atoms with Gasteiger partial charge in [0.2, 0.25) is 5.13 Å². The number of hydrogen-bond acceptors (Lipinski definition) is 7. The van der Waals surface area contributed by atoms with Gasteiger partial charge in [-0.05, 0) is 36.8 Å². The maximum absolute atomic E-state index is 12.6. The highest BCUT2D eigenvalue weighted by Gasteiger charge is 2.15. The summed E-state index contributed by atoms with van der Waals surface area (Å²) in [7, 11) is 1.99. The van der Waals surface area contributed by atoms with Crippen LogP contribution < -0.4 is 10.2 Å². The average Bonchev–Trinajstić information content (AvgIpc) is 3.28. The molecular formula is C22H20N6OS. The molecule has 0 radical (unpaired) electrons. The first kappa shape index (κ1) is 19.7. The van der Waals surface area contributed by atoms with E-state index in [1.54, 1.807) is 24.7 Å². The zero-order chi connectivity index (χ0) is 20.9. The Balaban J connectivity index is 1.43. The molecule has 0 fully saturated rings. The van der Waals surface area contributed by atoms with Gasteiger partial charge in [-0.15, -0.1) is 10.2 Å². The Morgan fingerprint density at radius 3 is 2.50 bits per heavy atom. The standard InChI is InChI=1S/C22H20N6OS/c1-15(16-6-4-3-5-7-16)28(2)19-9-8-18(14-24-19)20(29)25-22-27-26-21(30-22)17-10-12-23-13-11-17/h3-15H,1-2H3,(H,25,27,29)/t15-/m1/s1. The van der Waals surface area contributed by atoms with Crippen LogP contribution in [0.15, 0.2) is 73.2 Å². The predicted octanol–water partition coefficient (Wildman–Crippen LogP) is 4.44. The van der Waals surface area contributed by atoms with Crippen LogP contribution in [0.1, 0.15) is 28.9 Å². The third-order valence-electron chi connectivity index (χ3n) is 4.81. The third-order valence-corrected chi connectivity index (χ3v) is 5.69. The van der Waals surface area contributed by atoms with Crippen molar-refractivity contribution in [1.82, 2.24) is 20.2 Å². The molecule has 7 nitrogen and oxygen atoms in total. The number of carbonyl (C=O) groups excluding carboxylic acids is 1. The van der Waals surface area contributed by atoms with Gasteiger partial charge in [0.15, 0.2) is 0 Å². The van der Waals surface area contributed by atoms with Crippen molar-refractivity contribution in [3.8, 4) is 10.6 Å². The normalized spacial score (nSPS) is 11.7. The van der Waals surface area contributed by atoms with Crippen molar-refractivity contribution in [1.29, 1.82) is 0 Å². The van der Waals surface area contributed by atoms with Crippen molar-refractivity contribution in [3.05, 3.63) is 84.3 Å². The van der Waals surface area contributed by atoms with Crippen LogP contribution in [0.3, 0.4) is 0 Å². The van der Waals surface area contributed by atoms with Crippen LogP contribution in [0.5, 0.6) is 0 Å². The number of anilines is 2. The Hall–Kier alpha value is -3.65. The molecule has 0 aliphatic heterocycles. The Morgan fingerprint density at radius 2 is 1.80 bits per heavy atom. The van der Waals surface area contributed by atoms with Gasteiger partial charge in [0.05, 0.1) is 11.6 Å². The van der Waals surface area contributed by atoms with E-state index in [1.807, 2.05) is 43.4 Å². The van der Waals surface area contributed by atoms with Gasteiger partial charge >= 0.3 is 0 Å². The van der Waals surface area contributed by atoms with Gasteiger partial charge in [-0.25, -0.2) is 4.98 Å². The molecule has 1 atom stereocenters. The van der Waals surface area contributed by atoms with Gasteiger partial charge in [-0.2, -0.15) is 0 Å². The van der Waals surface area contributed by atoms with E-state index in [0.717, 1.165) is 16.4 Å². The lowest BCUT2D eigenvalue weighted by Crippen LogP contribution is -2.23. The van der Waals surface area contributed by atoms with Crippen molar-refractivity contribution >= 4 is 28.2 Å². The molecule has 0 bridgehead atoms. The van der Waals surface area contributed by atoms with Gasteiger partial charge in [0.25, 0.3) is 5.91 Å². The molecule has 4 aromatic rings. The Labute approximate surface area is 178 Å². The Morgan fingerprint density at radius 1 is 1.03 bits per heavy atom. The molecule has 0 aliphatic rings. The monoisotopic (exact) mass is 416 g/mol. The summed E-state index contributed by atoms with van der Waals surface area (Å²) >= 11 is 1.31. The minimum absolute atomic E-state index is 0.159. The summed E-state index contributed by atoms with van der Waals surface area (Å²) in [5.74, 6) is 0.518. The smallest absolute Gasteiger partial charge is 0.259 e. The molecule has 0 aliphatic carbocycles. The summed E-state index contributed by atoms with van der Waals surface area (Å²) in [4.78, 5) is 23.1. The van der Waals surface area contributed by atoms with Gasteiger partial charge in [-0.1, -0.05) is 41.7 Å². The van der Waals surface area contributed by atoms with E-state index in [4.69, 9.17) is 0 Å². The van der Waals surface area contributed by atoms with Crippen LogP contribution in [0, 0.1) is 0 Å². The lowest BCUT2D eigenvalue weighted by atomic mass is 10.1. The SMILES string of the molecule is C[C@H](c1ccccc1)N(C)c1ccc(C(=O)Nc2nnc(-c3ccncc3)s2)cn1. The third kappa shape index (κ3) is 4.33. The molecule has 150 valence electrons. The number of hydrogen-bond donors (Lipinski definition) is 1. The molecule has 30 heavy (non-hydrogen) atoms. The van der Waals surface area contributed by atoms with E-state index < -0.39 is 0 Å². The van der Waals surface area contributed by atoms with Crippen LogP contribution in [0.25, 0.3) is 10.6 Å². The summed E-state index contributed by atoms with van der Waals surface area (Å²) in [5.41, 5.74) is 2.56. The predicted molar refractivity (Wildman–Crippen MR) is 119 cm³/mol. The fraction of sp³-hybridized carbons (Fsp3) is 0.136. The van der Waals surface area contributed by atoms with E-state index in [9.17, 15) is 4.79 Å². The van der Waals surface area contributed by atoms with Gasteiger partial charge in [-0.3, -0.25) is 15.1 Å². The first-order chi connectivity index (χ1) is 14.6. The fourth-order valence-electron chi connectivity index (χ4n) is 2.94. The fourth-order valence-corrected chi connectivity index (χ4v) is 3.68. The van der Waals surface area contributed by atoms with Crippen LogP contribution >= 0.6 is 11.3 Å². The maximum atomic E-state index is 12.6. The van der Waals surface area contributed by atoms with Gasteiger partial charge in [0, 0.05) is 31.2 Å². The second-order valence-corrected chi connectivity index (χ2v) is 7.68. The summed E-state index contributed by atoms with van der Waals surface area (Å²) in [6, 6.07) is 17.7. The molecule has 1 aromatic carbocycles. The largest absolute Gasteiger partial charge is 0.353 e.